The molecule has 0 radical (unpaired) electrons. The van der Waals surface area contributed by atoms with Crippen LogP contribution in [0.1, 0.15) is 5.56 Å². The van der Waals surface area contributed by atoms with Crippen LogP contribution in [0.15, 0.2) is 22.7 Å². The summed E-state index contributed by atoms with van der Waals surface area (Å²) in [5.74, 6) is 0. The zero-order valence-corrected chi connectivity index (χ0v) is 11.5. The Hall–Kier alpha value is -0.980. The molecule has 0 saturated heterocycles. The van der Waals surface area contributed by atoms with Crippen LogP contribution in [-0.4, -0.2) is 37.0 Å². The quantitative estimate of drug-likeness (QED) is 0.496. The van der Waals surface area contributed by atoms with Gasteiger partial charge in [-0.1, -0.05) is 6.07 Å². The van der Waals surface area contributed by atoms with E-state index in [0.717, 1.165) is 18.7 Å². The maximum absolute atomic E-state index is 10.7. The fourth-order valence-corrected chi connectivity index (χ4v) is 1.73. The van der Waals surface area contributed by atoms with Crippen LogP contribution in [0.5, 0.6) is 0 Å². The fourth-order valence-electron chi connectivity index (χ4n) is 1.34. The Morgan fingerprint density at radius 3 is 2.76 bits per heavy atom. The number of halogens is 1. The number of hydrogen-bond donors (Lipinski definition) is 1. The van der Waals surface area contributed by atoms with Crippen molar-refractivity contribution in [3.05, 3.63) is 38.3 Å². The number of rotatable bonds is 6. The summed E-state index contributed by atoms with van der Waals surface area (Å²) in [7, 11) is 4.01. The van der Waals surface area contributed by atoms with Gasteiger partial charge in [0.2, 0.25) is 0 Å². The van der Waals surface area contributed by atoms with E-state index < -0.39 is 0 Å². The third-order valence-corrected chi connectivity index (χ3v) is 2.94. The SMILES string of the molecule is CN(C)CCNCc1ccc(Br)c([N+](=O)[O-])c1. The summed E-state index contributed by atoms with van der Waals surface area (Å²) in [6.07, 6.45) is 0. The van der Waals surface area contributed by atoms with E-state index >= 15 is 0 Å². The van der Waals surface area contributed by atoms with E-state index in [0.29, 0.717) is 11.0 Å². The molecule has 0 atom stereocenters. The van der Waals surface area contributed by atoms with Gasteiger partial charge in [0.15, 0.2) is 0 Å². The van der Waals surface area contributed by atoms with Crippen LogP contribution in [0.25, 0.3) is 0 Å². The van der Waals surface area contributed by atoms with Crippen molar-refractivity contribution < 1.29 is 4.92 Å². The lowest BCUT2D eigenvalue weighted by Gasteiger charge is -2.10. The average molecular weight is 302 g/mol. The lowest BCUT2D eigenvalue weighted by atomic mass is 10.2. The Morgan fingerprint density at radius 1 is 1.47 bits per heavy atom. The van der Waals surface area contributed by atoms with Crippen LogP contribution in [0, 0.1) is 10.1 Å². The van der Waals surface area contributed by atoms with Gasteiger partial charge in [-0.2, -0.15) is 0 Å². The number of benzene rings is 1. The molecule has 0 fully saturated rings. The topological polar surface area (TPSA) is 58.4 Å². The number of nitrogens with one attached hydrogen (secondary N) is 1. The maximum atomic E-state index is 10.7. The second-order valence-corrected chi connectivity index (χ2v) is 4.88. The van der Waals surface area contributed by atoms with Crippen LogP contribution < -0.4 is 5.32 Å². The van der Waals surface area contributed by atoms with E-state index in [4.69, 9.17) is 0 Å². The molecule has 0 heterocycles. The minimum Gasteiger partial charge on any atom is -0.311 e. The van der Waals surface area contributed by atoms with E-state index in [9.17, 15) is 10.1 Å². The van der Waals surface area contributed by atoms with Crippen molar-refractivity contribution in [3.8, 4) is 0 Å². The Labute approximate surface area is 109 Å². The minimum atomic E-state index is -0.382. The van der Waals surface area contributed by atoms with Gasteiger partial charge in [-0.3, -0.25) is 10.1 Å². The van der Waals surface area contributed by atoms with Gasteiger partial charge in [0.1, 0.15) is 0 Å². The molecule has 1 aromatic carbocycles. The summed E-state index contributed by atoms with van der Waals surface area (Å²) in [4.78, 5) is 12.4. The first-order chi connectivity index (χ1) is 8.00. The highest BCUT2D eigenvalue weighted by molar-refractivity contribution is 9.10. The zero-order chi connectivity index (χ0) is 12.8. The first-order valence-corrected chi connectivity index (χ1v) is 6.08. The van der Waals surface area contributed by atoms with Crippen molar-refractivity contribution in [1.82, 2.24) is 10.2 Å². The maximum Gasteiger partial charge on any atom is 0.283 e. The molecule has 0 aliphatic carbocycles. The van der Waals surface area contributed by atoms with Gasteiger partial charge >= 0.3 is 0 Å². The van der Waals surface area contributed by atoms with E-state index in [1.165, 1.54) is 0 Å². The third kappa shape index (κ3) is 4.80. The summed E-state index contributed by atoms with van der Waals surface area (Å²) in [5, 5.41) is 14.0. The van der Waals surface area contributed by atoms with Gasteiger partial charge in [0.25, 0.3) is 5.69 Å². The van der Waals surface area contributed by atoms with Crippen molar-refractivity contribution in [2.75, 3.05) is 27.2 Å². The van der Waals surface area contributed by atoms with Crippen molar-refractivity contribution >= 4 is 21.6 Å². The molecule has 0 saturated carbocycles. The second-order valence-electron chi connectivity index (χ2n) is 4.02. The third-order valence-electron chi connectivity index (χ3n) is 2.27. The van der Waals surface area contributed by atoms with Crippen LogP contribution in [0.3, 0.4) is 0 Å². The Kier molecular flexibility index (Phi) is 5.54. The minimum absolute atomic E-state index is 0.108. The van der Waals surface area contributed by atoms with Crippen LogP contribution in [0.4, 0.5) is 5.69 Å². The number of nitro benzene ring substituents is 1. The molecule has 0 unspecified atom stereocenters. The molecule has 0 bridgehead atoms. The summed E-state index contributed by atoms with van der Waals surface area (Å²) >= 11 is 3.16. The van der Waals surface area contributed by atoms with E-state index in [1.807, 2.05) is 20.2 Å². The summed E-state index contributed by atoms with van der Waals surface area (Å²) in [5.41, 5.74) is 1.02. The largest absolute Gasteiger partial charge is 0.311 e. The number of nitrogens with zero attached hydrogens (tertiary/aromatic N) is 2. The van der Waals surface area contributed by atoms with Crippen molar-refractivity contribution in [2.24, 2.45) is 0 Å². The molecular weight excluding hydrogens is 286 g/mol. The number of nitro groups is 1. The highest BCUT2D eigenvalue weighted by atomic mass is 79.9. The molecular formula is C11H16BrN3O2. The van der Waals surface area contributed by atoms with Crippen molar-refractivity contribution in [1.29, 1.82) is 0 Å². The highest BCUT2D eigenvalue weighted by Crippen LogP contribution is 2.25. The van der Waals surface area contributed by atoms with Gasteiger partial charge < -0.3 is 10.2 Å². The molecule has 0 aromatic heterocycles. The monoisotopic (exact) mass is 301 g/mol. The Morgan fingerprint density at radius 2 is 2.18 bits per heavy atom. The molecule has 1 rings (SSSR count). The fraction of sp³-hybridized carbons (Fsp3) is 0.455. The molecule has 17 heavy (non-hydrogen) atoms. The first kappa shape index (κ1) is 14.1. The summed E-state index contributed by atoms with van der Waals surface area (Å²) < 4.78 is 0.513. The van der Waals surface area contributed by atoms with Crippen LogP contribution in [-0.2, 0) is 6.54 Å². The molecule has 94 valence electrons. The molecule has 0 amide bonds. The lowest BCUT2D eigenvalue weighted by molar-refractivity contribution is -0.385. The highest BCUT2D eigenvalue weighted by Gasteiger charge is 2.11. The number of likely N-dealkylation sites (N-methyl/N-ethyl adjacent to an activating group) is 1. The predicted molar refractivity (Wildman–Crippen MR) is 71.1 cm³/mol. The average Bonchev–Trinajstić information content (AvgIpc) is 2.25. The van der Waals surface area contributed by atoms with Crippen molar-refractivity contribution in [2.45, 2.75) is 6.54 Å². The zero-order valence-electron chi connectivity index (χ0n) is 9.94. The van der Waals surface area contributed by atoms with E-state index in [-0.39, 0.29) is 10.6 Å². The van der Waals surface area contributed by atoms with Gasteiger partial charge in [-0.25, -0.2) is 0 Å². The van der Waals surface area contributed by atoms with Gasteiger partial charge in [0.05, 0.1) is 9.40 Å². The van der Waals surface area contributed by atoms with Gasteiger partial charge in [-0.15, -0.1) is 0 Å². The first-order valence-electron chi connectivity index (χ1n) is 5.29. The molecule has 0 spiro atoms. The number of hydrogen-bond acceptors (Lipinski definition) is 4. The summed E-state index contributed by atoms with van der Waals surface area (Å²) in [6, 6.07) is 5.17. The molecule has 5 nitrogen and oxygen atoms in total. The lowest BCUT2D eigenvalue weighted by Crippen LogP contribution is -2.26. The molecule has 1 aromatic rings. The Bertz CT molecular complexity index is 396. The molecule has 0 aliphatic heterocycles. The van der Waals surface area contributed by atoms with E-state index in [2.05, 4.69) is 26.1 Å². The van der Waals surface area contributed by atoms with Crippen molar-refractivity contribution in [3.63, 3.8) is 0 Å². The Balaban J connectivity index is 2.54. The molecule has 6 heteroatoms. The molecule has 1 N–H and O–H groups in total. The second kappa shape index (κ2) is 6.68. The van der Waals surface area contributed by atoms with Crippen LogP contribution in [0.2, 0.25) is 0 Å². The predicted octanol–water partition coefficient (Wildman–Crippen LogP) is 2.01. The normalized spacial score (nSPS) is 10.8. The smallest absolute Gasteiger partial charge is 0.283 e. The van der Waals surface area contributed by atoms with Crippen LogP contribution >= 0.6 is 15.9 Å². The van der Waals surface area contributed by atoms with E-state index in [1.54, 1.807) is 12.1 Å². The van der Waals surface area contributed by atoms with Gasteiger partial charge in [0, 0.05) is 25.7 Å². The van der Waals surface area contributed by atoms with Gasteiger partial charge in [-0.05, 0) is 41.7 Å². The molecule has 0 aliphatic rings. The summed E-state index contributed by atoms with van der Waals surface area (Å²) in [6.45, 7) is 2.44. The standard InChI is InChI=1S/C11H16BrN3O2/c1-14(2)6-5-13-8-9-3-4-10(12)11(7-9)15(16)17/h3-4,7,13H,5-6,8H2,1-2H3.